The van der Waals surface area contributed by atoms with Crippen molar-refractivity contribution in [1.82, 2.24) is 10.2 Å². The highest BCUT2D eigenvalue weighted by molar-refractivity contribution is 8.00. The Balaban J connectivity index is 1.78. The van der Waals surface area contributed by atoms with Crippen molar-refractivity contribution < 1.29 is 0 Å². The molecule has 0 radical (unpaired) electrons. The molecular weight excluding hydrogens is 216 g/mol. The lowest BCUT2D eigenvalue weighted by Gasteiger charge is -2.38. The first-order valence-electron chi connectivity index (χ1n) is 6.70. The van der Waals surface area contributed by atoms with Crippen LogP contribution in [0.5, 0.6) is 0 Å². The fraction of sp³-hybridized carbons (Fsp3) is 1.00. The van der Waals surface area contributed by atoms with Gasteiger partial charge in [-0.3, -0.25) is 0 Å². The predicted molar refractivity (Wildman–Crippen MR) is 73.2 cm³/mol. The molecule has 1 saturated carbocycles. The molecule has 1 saturated heterocycles. The van der Waals surface area contributed by atoms with Crippen LogP contribution in [0.3, 0.4) is 0 Å². The van der Waals surface area contributed by atoms with Crippen molar-refractivity contribution in [1.29, 1.82) is 0 Å². The molecule has 0 spiro atoms. The second kappa shape index (κ2) is 5.28. The quantitative estimate of drug-likeness (QED) is 0.796. The van der Waals surface area contributed by atoms with Crippen LogP contribution in [-0.4, -0.2) is 48.1 Å². The third-order valence-corrected chi connectivity index (χ3v) is 5.61. The molecule has 94 valence electrons. The predicted octanol–water partition coefficient (Wildman–Crippen LogP) is 2.20. The number of piperidine rings is 1. The van der Waals surface area contributed by atoms with Gasteiger partial charge in [0.1, 0.15) is 0 Å². The van der Waals surface area contributed by atoms with Gasteiger partial charge in [0.05, 0.1) is 0 Å². The van der Waals surface area contributed by atoms with Crippen LogP contribution in [0.25, 0.3) is 0 Å². The number of hydrogen-bond donors (Lipinski definition) is 1. The molecule has 16 heavy (non-hydrogen) atoms. The topological polar surface area (TPSA) is 15.3 Å². The monoisotopic (exact) mass is 242 g/mol. The molecule has 0 bridgehead atoms. The summed E-state index contributed by atoms with van der Waals surface area (Å²) in [5.41, 5.74) is 0. The van der Waals surface area contributed by atoms with E-state index >= 15 is 0 Å². The standard InChI is InChI=1S/C13H26N2S/c1-4-14-12-5-8-15(9-11(12)2)10-13(16-3)6-7-13/h11-12,14H,4-10H2,1-3H3. The number of rotatable bonds is 5. The zero-order valence-corrected chi connectivity index (χ0v) is 11.8. The third-order valence-electron chi connectivity index (χ3n) is 4.21. The van der Waals surface area contributed by atoms with Gasteiger partial charge in [-0.25, -0.2) is 0 Å². The number of likely N-dealkylation sites (tertiary alicyclic amines) is 1. The minimum absolute atomic E-state index is 0.644. The molecule has 2 rings (SSSR count). The first-order chi connectivity index (χ1) is 7.69. The van der Waals surface area contributed by atoms with E-state index in [0.29, 0.717) is 4.75 Å². The molecule has 2 unspecified atom stereocenters. The second-order valence-electron chi connectivity index (χ2n) is 5.55. The number of nitrogens with zero attached hydrogens (tertiary/aromatic N) is 1. The number of hydrogen-bond acceptors (Lipinski definition) is 3. The van der Waals surface area contributed by atoms with Crippen LogP contribution in [0, 0.1) is 5.92 Å². The molecule has 1 aliphatic carbocycles. The third kappa shape index (κ3) is 2.93. The summed E-state index contributed by atoms with van der Waals surface area (Å²) in [4.78, 5) is 2.70. The van der Waals surface area contributed by atoms with E-state index < -0.39 is 0 Å². The summed E-state index contributed by atoms with van der Waals surface area (Å²) >= 11 is 2.09. The van der Waals surface area contributed by atoms with Crippen molar-refractivity contribution in [2.75, 3.05) is 32.4 Å². The van der Waals surface area contributed by atoms with E-state index in [4.69, 9.17) is 0 Å². The number of thioether (sulfide) groups is 1. The molecule has 2 atom stereocenters. The van der Waals surface area contributed by atoms with Crippen LogP contribution < -0.4 is 5.32 Å². The van der Waals surface area contributed by atoms with Gasteiger partial charge in [-0.05, 0) is 44.5 Å². The molecule has 2 nitrogen and oxygen atoms in total. The van der Waals surface area contributed by atoms with Gasteiger partial charge in [-0.15, -0.1) is 0 Å². The lowest BCUT2D eigenvalue weighted by atomic mass is 9.93. The highest BCUT2D eigenvalue weighted by Crippen LogP contribution is 2.47. The summed E-state index contributed by atoms with van der Waals surface area (Å²) in [6.07, 6.45) is 6.49. The fourth-order valence-electron chi connectivity index (χ4n) is 2.91. The van der Waals surface area contributed by atoms with E-state index in [2.05, 4.69) is 42.1 Å². The minimum atomic E-state index is 0.644. The summed E-state index contributed by atoms with van der Waals surface area (Å²) in [6, 6.07) is 0.755. The van der Waals surface area contributed by atoms with Crippen molar-refractivity contribution in [3.8, 4) is 0 Å². The van der Waals surface area contributed by atoms with Gasteiger partial charge in [-0.1, -0.05) is 13.8 Å². The van der Waals surface area contributed by atoms with Crippen molar-refractivity contribution in [2.45, 2.75) is 43.9 Å². The van der Waals surface area contributed by atoms with E-state index in [9.17, 15) is 0 Å². The lowest BCUT2D eigenvalue weighted by Crippen LogP contribution is -2.49. The Labute approximate surface area is 105 Å². The van der Waals surface area contributed by atoms with E-state index in [1.165, 1.54) is 38.9 Å². The van der Waals surface area contributed by atoms with Gasteiger partial charge >= 0.3 is 0 Å². The van der Waals surface area contributed by atoms with Crippen molar-refractivity contribution in [3.63, 3.8) is 0 Å². The molecule has 3 heteroatoms. The average molecular weight is 242 g/mol. The van der Waals surface area contributed by atoms with Gasteiger partial charge in [-0.2, -0.15) is 11.8 Å². The summed E-state index contributed by atoms with van der Waals surface area (Å²) in [5.74, 6) is 0.811. The summed E-state index contributed by atoms with van der Waals surface area (Å²) in [5, 5.41) is 3.62. The highest BCUT2D eigenvalue weighted by atomic mass is 32.2. The Morgan fingerprint density at radius 2 is 2.19 bits per heavy atom. The van der Waals surface area contributed by atoms with Gasteiger partial charge in [0.15, 0.2) is 0 Å². The largest absolute Gasteiger partial charge is 0.314 e. The van der Waals surface area contributed by atoms with Crippen LogP contribution in [0.15, 0.2) is 0 Å². The van der Waals surface area contributed by atoms with Crippen molar-refractivity contribution in [3.05, 3.63) is 0 Å². The van der Waals surface area contributed by atoms with Crippen LogP contribution in [0.1, 0.15) is 33.1 Å². The van der Waals surface area contributed by atoms with E-state index in [0.717, 1.165) is 18.5 Å². The molecule has 1 N–H and O–H groups in total. The normalized spacial score (nSPS) is 33.9. The molecule has 1 heterocycles. The SMILES string of the molecule is CCNC1CCN(CC2(SC)CC2)CC1C. The Morgan fingerprint density at radius 3 is 2.69 bits per heavy atom. The molecule has 0 aromatic heterocycles. The highest BCUT2D eigenvalue weighted by Gasteiger charge is 2.43. The smallest absolute Gasteiger partial charge is 0.0285 e. The zero-order chi connectivity index (χ0) is 11.6. The van der Waals surface area contributed by atoms with Crippen molar-refractivity contribution in [2.24, 2.45) is 5.92 Å². The molecule has 0 aromatic rings. The van der Waals surface area contributed by atoms with Crippen LogP contribution in [0.2, 0.25) is 0 Å². The maximum Gasteiger partial charge on any atom is 0.0285 e. The van der Waals surface area contributed by atoms with E-state index in [1.807, 2.05) is 0 Å². The Morgan fingerprint density at radius 1 is 1.44 bits per heavy atom. The maximum absolute atomic E-state index is 3.62. The Kier molecular flexibility index (Phi) is 4.20. The Bertz CT molecular complexity index is 228. The van der Waals surface area contributed by atoms with Gasteiger partial charge in [0.25, 0.3) is 0 Å². The molecule has 0 aromatic carbocycles. The van der Waals surface area contributed by atoms with Gasteiger partial charge in [0, 0.05) is 23.9 Å². The number of nitrogens with one attached hydrogen (secondary N) is 1. The van der Waals surface area contributed by atoms with Crippen LogP contribution in [-0.2, 0) is 0 Å². The molecular formula is C13H26N2S. The molecule has 2 aliphatic rings. The minimum Gasteiger partial charge on any atom is -0.314 e. The first-order valence-corrected chi connectivity index (χ1v) is 7.92. The molecule has 2 fully saturated rings. The second-order valence-corrected chi connectivity index (χ2v) is 6.83. The van der Waals surface area contributed by atoms with Crippen molar-refractivity contribution >= 4 is 11.8 Å². The van der Waals surface area contributed by atoms with Gasteiger partial charge < -0.3 is 10.2 Å². The molecule has 1 aliphatic heterocycles. The maximum atomic E-state index is 3.62. The van der Waals surface area contributed by atoms with E-state index in [-0.39, 0.29) is 0 Å². The first kappa shape index (κ1) is 12.7. The zero-order valence-electron chi connectivity index (χ0n) is 11.0. The summed E-state index contributed by atoms with van der Waals surface area (Å²) in [7, 11) is 0. The van der Waals surface area contributed by atoms with Crippen LogP contribution >= 0.6 is 11.8 Å². The van der Waals surface area contributed by atoms with E-state index in [1.54, 1.807) is 0 Å². The summed E-state index contributed by atoms with van der Waals surface area (Å²) < 4.78 is 0.644. The average Bonchev–Trinajstić information content (AvgIpc) is 3.03. The summed E-state index contributed by atoms with van der Waals surface area (Å²) in [6.45, 7) is 9.65. The van der Waals surface area contributed by atoms with Crippen LogP contribution in [0.4, 0.5) is 0 Å². The molecule has 0 amide bonds. The van der Waals surface area contributed by atoms with Gasteiger partial charge in [0.2, 0.25) is 0 Å². The fourth-order valence-corrected chi connectivity index (χ4v) is 3.74. The lowest BCUT2D eigenvalue weighted by molar-refractivity contribution is 0.147. The Hall–Kier alpha value is 0.270.